The molecular formula is C13H28N2. The lowest BCUT2D eigenvalue weighted by molar-refractivity contribution is 0.0245. The van der Waals surface area contributed by atoms with E-state index in [4.69, 9.17) is 5.73 Å². The molecule has 0 spiro atoms. The molecule has 2 N–H and O–H groups in total. The van der Waals surface area contributed by atoms with Crippen molar-refractivity contribution in [2.45, 2.75) is 71.5 Å². The van der Waals surface area contributed by atoms with Crippen molar-refractivity contribution in [1.82, 2.24) is 4.90 Å². The minimum atomic E-state index is 0.177. The summed E-state index contributed by atoms with van der Waals surface area (Å²) >= 11 is 0. The van der Waals surface area contributed by atoms with Crippen molar-refractivity contribution in [3.8, 4) is 0 Å². The second kappa shape index (κ2) is 4.84. The molecule has 3 unspecified atom stereocenters. The highest BCUT2D eigenvalue weighted by atomic mass is 15.3. The number of likely N-dealkylation sites (tertiary alicyclic amines) is 1. The molecule has 0 radical (unpaired) electrons. The van der Waals surface area contributed by atoms with Gasteiger partial charge in [0.1, 0.15) is 0 Å². The molecule has 1 saturated heterocycles. The molecule has 90 valence electrons. The molecule has 1 aliphatic rings. The Morgan fingerprint density at radius 1 is 1.40 bits per heavy atom. The zero-order valence-corrected chi connectivity index (χ0v) is 11.1. The highest BCUT2D eigenvalue weighted by Gasteiger charge is 2.43. The van der Waals surface area contributed by atoms with Gasteiger partial charge in [-0.25, -0.2) is 0 Å². The molecule has 0 aromatic heterocycles. The zero-order chi connectivity index (χ0) is 11.6. The van der Waals surface area contributed by atoms with Crippen LogP contribution in [0.3, 0.4) is 0 Å². The van der Waals surface area contributed by atoms with Crippen LogP contribution in [0, 0.1) is 5.92 Å². The van der Waals surface area contributed by atoms with Crippen molar-refractivity contribution in [2.24, 2.45) is 11.7 Å². The van der Waals surface area contributed by atoms with Crippen molar-refractivity contribution in [3.05, 3.63) is 0 Å². The van der Waals surface area contributed by atoms with Gasteiger partial charge in [0.25, 0.3) is 0 Å². The molecule has 2 heteroatoms. The zero-order valence-electron chi connectivity index (χ0n) is 11.1. The first-order valence-corrected chi connectivity index (χ1v) is 6.45. The third-order valence-corrected chi connectivity index (χ3v) is 4.50. The summed E-state index contributed by atoms with van der Waals surface area (Å²) in [5.41, 5.74) is 6.20. The molecule has 0 aromatic carbocycles. The van der Waals surface area contributed by atoms with Gasteiger partial charge >= 0.3 is 0 Å². The fraction of sp³-hybridized carbons (Fsp3) is 1.00. The average Bonchev–Trinajstić information content (AvgIpc) is 2.58. The molecule has 1 fully saturated rings. The molecule has 2 nitrogen and oxygen atoms in total. The highest BCUT2D eigenvalue weighted by molar-refractivity contribution is 4.99. The van der Waals surface area contributed by atoms with Crippen LogP contribution in [0.15, 0.2) is 0 Å². The van der Waals surface area contributed by atoms with Crippen LogP contribution in [0.5, 0.6) is 0 Å². The Morgan fingerprint density at radius 3 is 2.40 bits per heavy atom. The van der Waals surface area contributed by atoms with E-state index in [2.05, 4.69) is 39.5 Å². The van der Waals surface area contributed by atoms with Crippen molar-refractivity contribution in [2.75, 3.05) is 6.54 Å². The van der Waals surface area contributed by atoms with Crippen molar-refractivity contribution < 1.29 is 0 Å². The summed E-state index contributed by atoms with van der Waals surface area (Å²) < 4.78 is 0. The third kappa shape index (κ3) is 2.21. The Balaban J connectivity index is 2.90. The highest BCUT2D eigenvalue weighted by Crippen LogP contribution is 2.36. The summed E-state index contributed by atoms with van der Waals surface area (Å²) in [7, 11) is 0. The van der Waals surface area contributed by atoms with Gasteiger partial charge in [0.15, 0.2) is 0 Å². The predicted octanol–water partition coefficient (Wildman–Crippen LogP) is 2.62. The van der Waals surface area contributed by atoms with Gasteiger partial charge in [-0.1, -0.05) is 20.8 Å². The number of nitrogens with zero attached hydrogens (tertiary/aromatic N) is 1. The maximum absolute atomic E-state index is 6.03. The molecule has 1 aliphatic heterocycles. The van der Waals surface area contributed by atoms with Crippen LogP contribution in [-0.2, 0) is 0 Å². The summed E-state index contributed by atoms with van der Waals surface area (Å²) in [6, 6.07) is 1.45. The molecule has 3 atom stereocenters. The quantitative estimate of drug-likeness (QED) is 0.776. The first-order valence-electron chi connectivity index (χ1n) is 6.45. The fourth-order valence-corrected chi connectivity index (χ4v) is 3.03. The smallest absolute Gasteiger partial charge is 0.0332 e. The second-order valence-electron chi connectivity index (χ2n) is 5.61. The van der Waals surface area contributed by atoms with Crippen LogP contribution >= 0.6 is 0 Å². The summed E-state index contributed by atoms with van der Waals surface area (Å²) in [6.07, 6.45) is 3.94. The van der Waals surface area contributed by atoms with E-state index in [9.17, 15) is 0 Å². The number of hydrogen-bond donors (Lipinski definition) is 1. The van der Waals surface area contributed by atoms with Crippen LogP contribution < -0.4 is 5.73 Å². The van der Waals surface area contributed by atoms with Gasteiger partial charge in [-0.05, 0) is 39.0 Å². The second-order valence-corrected chi connectivity index (χ2v) is 5.61. The molecule has 1 rings (SSSR count). The minimum Gasteiger partial charge on any atom is -0.329 e. The molecule has 0 aliphatic carbocycles. The Bertz CT molecular complexity index is 203. The topological polar surface area (TPSA) is 29.3 Å². The summed E-state index contributed by atoms with van der Waals surface area (Å²) in [5.74, 6) is 0.622. The number of nitrogens with two attached hydrogens (primary N) is 1. The fourth-order valence-electron chi connectivity index (χ4n) is 3.03. The van der Waals surface area contributed by atoms with Crippen LogP contribution in [0.1, 0.15) is 53.9 Å². The average molecular weight is 212 g/mol. The Morgan fingerprint density at radius 2 is 2.00 bits per heavy atom. The maximum Gasteiger partial charge on any atom is 0.0332 e. The van der Waals surface area contributed by atoms with Crippen LogP contribution in [0.2, 0.25) is 0 Å². The lowest BCUT2D eigenvalue weighted by atomic mass is 9.85. The van der Waals surface area contributed by atoms with E-state index in [1.54, 1.807) is 0 Å². The minimum absolute atomic E-state index is 0.177. The molecule has 15 heavy (non-hydrogen) atoms. The molecule has 0 aromatic rings. The Labute approximate surface area is 95.2 Å². The monoisotopic (exact) mass is 212 g/mol. The molecule has 0 saturated carbocycles. The van der Waals surface area contributed by atoms with Crippen LogP contribution in [0.25, 0.3) is 0 Å². The first kappa shape index (κ1) is 13.0. The van der Waals surface area contributed by atoms with Crippen molar-refractivity contribution in [1.29, 1.82) is 0 Å². The largest absolute Gasteiger partial charge is 0.329 e. The number of rotatable bonds is 4. The normalized spacial score (nSPS) is 32.2. The van der Waals surface area contributed by atoms with Crippen molar-refractivity contribution >= 4 is 0 Å². The van der Waals surface area contributed by atoms with Gasteiger partial charge in [0, 0.05) is 24.2 Å². The van der Waals surface area contributed by atoms with E-state index in [-0.39, 0.29) is 5.54 Å². The van der Waals surface area contributed by atoms with Gasteiger partial charge in [-0.2, -0.15) is 0 Å². The van der Waals surface area contributed by atoms with E-state index >= 15 is 0 Å². The van der Waals surface area contributed by atoms with E-state index in [0.29, 0.717) is 12.0 Å². The lowest BCUT2D eigenvalue weighted by Crippen LogP contribution is -2.59. The van der Waals surface area contributed by atoms with E-state index in [1.165, 1.54) is 19.3 Å². The summed E-state index contributed by atoms with van der Waals surface area (Å²) in [4.78, 5) is 2.69. The summed E-state index contributed by atoms with van der Waals surface area (Å²) in [6.45, 7) is 12.3. The molecule has 0 bridgehead atoms. The van der Waals surface area contributed by atoms with Gasteiger partial charge in [0.05, 0.1) is 0 Å². The van der Waals surface area contributed by atoms with Gasteiger partial charge < -0.3 is 5.73 Å². The molecule has 1 heterocycles. The van der Waals surface area contributed by atoms with Gasteiger partial charge in [-0.3, -0.25) is 4.90 Å². The standard InChI is InChI=1S/C13H28N2/c1-6-12-8-7-11(4)15(12)13(5,9-14)10(2)3/h10-12H,6-9,14H2,1-5H3. The van der Waals surface area contributed by atoms with Crippen molar-refractivity contribution in [3.63, 3.8) is 0 Å². The molecule has 0 amide bonds. The predicted molar refractivity (Wildman–Crippen MR) is 66.9 cm³/mol. The molecular weight excluding hydrogens is 184 g/mol. The first-order chi connectivity index (χ1) is 6.97. The van der Waals surface area contributed by atoms with Gasteiger partial charge in [0.2, 0.25) is 0 Å². The number of hydrogen-bond acceptors (Lipinski definition) is 2. The maximum atomic E-state index is 6.03. The van der Waals surface area contributed by atoms with Crippen LogP contribution in [0.4, 0.5) is 0 Å². The van der Waals surface area contributed by atoms with E-state index in [0.717, 1.165) is 12.6 Å². The lowest BCUT2D eigenvalue weighted by Gasteiger charge is -2.47. The van der Waals surface area contributed by atoms with Crippen LogP contribution in [-0.4, -0.2) is 29.1 Å². The summed E-state index contributed by atoms with van der Waals surface area (Å²) in [5, 5.41) is 0. The Kier molecular flexibility index (Phi) is 4.19. The SMILES string of the molecule is CCC1CCC(C)N1C(C)(CN)C(C)C. The van der Waals surface area contributed by atoms with Gasteiger partial charge in [-0.15, -0.1) is 0 Å². The van der Waals surface area contributed by atoms with E-state index < -0.39 is 0 Å². The van der Waals surface area contributed by atoms with E-state index in [1.807, 2.05) is 0 Å². The third-order valence-electron chi connectivity index (χ3n) is 4.50. The Hall–Kier alpha value is -0.0800.